The fourth-order valence-electron chi connectivity index (χ4n) is 0.396. The van der Waals surface area contributed by atoms with Gasteiger partial charge in [0.05, 0.1) is 6.61 Å². The zero-order valence-corrected chi connectivity index (χ0v) is 7.06. The van der Waals surface area contributed by atoms with E-state index in [0.717, 1.165) is 0 Å². The summed E-state index contributed by atoms with van der Waals surface area (Å²) in [6.07, 6.45) is 2.65. The van der Waals surface area contributed by atoms with Crippen molar-refractivity contribution in [3.8, 4) is 0 Å². The summed E-state index contributed by atoms with van der Waals surface area (Å²) in [6.45, 7) is 0.133. The number of carbonyl (C=O) groups excluding carboxylic acids is 1. The average molecular weight is 177 g/mol. The Labute approximate surface area is 67.8 Å². The van der Waals surface area contributed by atoms with Crippen LogP contribution in [0.1, 0.15) is 0 Å². The van der Waals surface area contributed by atoms with Gasteiger partial charge in [-0.05, 0) is 0 Å². The van der Waals surface area contributed by atoms with Gasteiger partial charge in [0.2, 0.25) is 5.91 Å². The van der Waals surface area contributed by atoms with E-state index < -0.39 is 10.8 Å². The molecule has 0 saturated heterocycles. The van der Waals surface area contributed by atoms with Gasteiger partial charge in [-0.25, -0.2) is 0 Å². The van der Waals surface area contributed by atoms with E-state index in [9.17, 15) is 9.00 Å². The summed E-state index contributed by atoms with van der Waals surface area (Å²) >= 11 is 0. The molecule has 64 valence electrons. The molecule has 1 amide bonds. The molecular weight excluding hydrogens is 166 g/mol. The van der Waals surface area contributed by atoms with Crippen molar-refractivity contribution in [2.75, 3.05) is 19.4 Å². The Kier molecular flexibility index (Phi) is 5.68. The second-order valence-corrected chi connectivity index (χ2v) is 3.09. The first-order chi connectivity index (χ1) is 5.16. The fraction of sp³-hybridized carbons (Fsp3) is 0.500. The predicted molar refractivity (Wildman–Crippen MR) is 43.3 cm³/mol. The molecule has 1 atom stereocenters. The molecule has 0 aliphatic heterocycles. The Hall–Kier alpha value is -0.680. The van der Waals surface area contributed by atoms with E-state index in [1.54, 1.807) is 0 Å². The van der Waals surface area contributed by atoms with Gasteiger partial charge in [-0.15, -0.1) is 0 Å². The van der Waals surface area contributed by atoms with E-state index in [1.165, 1.54) is 17.7 Å². The van der Waals surface area contributed by atoms with Crippen molar-refractivity contribution in [3.05, 3.63) is 11.5 Å². The highest BCUT2D eigenvalue weighted by Gasteiger charge is 1.91. The van der Waals surface area contributed by atoms with Crippen molar-refractivity contribution in [2.45, 2.75) is 0 Å². The SMILES string of the molecule is C[S@@](=O)/C=C/C(=O)NCCO. The summed E-state index contributed by atoms with van der Waals surface area (Å²) in [5.74, 6) is -0.339. The predicted octanol–water partition coefficient (Wildman–Crippen LogP) is -1.01. The topological polar surface area (TPSA) is 66.4 Å². The molecule has 0 rings (SSSR count). The molecule has 0 heterocycles. The van der Waals surface area contributed by atoms with Crippen molar-refractivity contribution in [3.63, 3.8) is 0 Å². The van der Waals surface area contributed by atoms with Gasteiger partial charge in [-0.1, -0.05) is 0 Å². The Morgan fingerprint density at radius 1 is 1.73 bits per heavy atom. The van der Waals surface area contributed by atoms with Crippen molar-refractivity contribution in [1.29, 1.82) is 0 Å². The molecule has 0 saturated carbocycles. The lowest BCUT2D eigenvalue weighted by molar-refractivity contribution is -0.116. The number of hydrogen-bond donors (Lipinski definition) is 2. The van der Waals surface area contributed by atoms with E-state index in [0.29, 0.717) is 0 Å². The van der Waals surface area contributed by atoms with Crippen molar-refractivity contribution in [2.24, 2.45) is 0 Å². The largest absolute Gasteiger partial charge is 0.395 e. The Bertz CT molecular complexity index is 179. The van der Waals surface area contributed by atoms with Crippen molar-refractivity contribution in [1.82, 2.24) is 5.32 Å². The van der Waals surface area contributed by atoms with Gasteiger partial charge < -0.3 is 10.4 Å². The summed E-state index contributed by atoms with van der Waals surface area (Å²) < 4.78 is 10.4. The number of hydrogen-bond acceptors (Lipinski definition) is 3. The van der Waals surface area contributed by atoms with Gasteiger partial charge in [0.15, 0.2) is 0 Å². The molecule has 0 aromatic heterocycles. The number of aliphatic hydroxyl groups excluding tert-OH is 1. The molecule has 0 radical (unpaired) electrons. The third-order valence-corrected chi connectivity index (χ3v) is 1.34. The Morgan fingerprint density at radius 3 is 2.82 bits per heavy atom. The van der Waals surface area contributed by atoms with Gasteiger partial charge >= 0.3 is 0 Å². The molecule has 11 heavy (non-hydrogen) atoms. The molecule has 0 spiro atoms. The maximum Gasteiger partial charge on any atom is 0.244 e. The van der Waals surface area contributed by atoms with Crippen LogP contribution in [0.2, 0.25) is 0 Å². The lowest BCUT2D eigenvalue weighted by atomic mass is 10.5. The monoisotopic (exact) mass is 177 g/mol. The summed E-state index contributed by atoms with van der Waals surface area (Å²) in [7, 11) is -1.10. The molecule has 0 fully saturated rings. The van der Waals surface area contributed by atoms with E-state index in [2.05, 4.69) is 5.32 Å². The van der Waals surface area contributed by atoms with Crippen LogP contribution in [0.3, 0.4) is 0 Å². The average Bonchev–Trinajstić information content (AvgIpc) is 1.97. The van der Waals surface area contributed by atoms with Crippen molar-refractivity contribution >= 4 is 16.7 Å². The molecule has 5 heteroatoms. The van der Waals surface area contributed by atoms with Crippen LogP contribution in [0, 0.1) is 0 Å². The number of amides is 1. The number of rotatable bonds is 4. The number of aliphatic hydroxyl groups is 1. The van der Waals surface area contributed by atoms with Gasteiger partial charge in [-0.3, -0.25) is 9.00 Å². The molecule has 0 bridgehead atoms. The summed E-state index contributed by atoms with van der Waals surface area (Å²) in [5.41, 5.74) is 0. The van der Waals surface area contributed by atoms with E-state index in [-0.39, 0.29) is 19.1 Å². The van der Waals surface area contributed by atoms with Gasteiger partial charge in [-0.2, -0.15) is 0 Å². The smallest absolute Gasteiger partial charge is 0.244 e. The lowest BCUT2D eigenvalue weighted by Gasteiger charge is -1.95. The highest BCUT2D eigenvalue weighted by Crippen LogP contribution is 1.77. The van der Waals surface area contributed by atoms with Crippen LogP contribution in [0.25, 0.3) is 0 Å². The first-order valence-electron chi connectivity index (χ1n) is 3.06. The van der Waals surface area contributed by atoms with Crippen molar-refractivity contribution < 1.29 is 14.1 Å². The maximum absolute atomic E-state index is 10.7. The summed E-state index contributed by atoms with van der Waals surface area (Å²) in [5, 5.41) is 12.0. The first kappa shape index (κ1) is 10.3. The minimum Gasteiger partial charge on any atom is -0.395 e. The maximum atomic E-state index is 10.7. The van der Waals surface area contributed by atoms with Crippen LogP contribution >= 0.6 is 0 Å². The zero-order chi connectivity index (χ0) is 8.69. The van der Waals surface area contributed by atoms with E-state index in [1.807, 2.05) is 0 Å². The molecule has 0 aliphatic rings. The van der Waals surface area contributed by atoms with Gasteiger partial charge in [0.25, 0.3) is 0 Å². The van der Waals surface area contributed by atoms with Crippen LogP contribution in [-0.4, -0.2) is 34.6 Å². The Balaban J connectivity index is 3.60. The molecule has 4 nitrogen and oxygen atoms in total. The van der Waals surface area contributed by atoms with Gasteiger partial charge in [0, 0.05) is 35.1 Å². The highest BCUT2D eigenvalue weighted by molar-refractivity contribution is 7.87. The number of nitrogens with one attached hydrogen (secondary N) is 1. The zero-order valence-electron chi connectivity index (χ0n) is 6.24. The second-order valence-electron chi connectivity index (χ2n) is 1.82. The fourth-order valence-corrected chi connectivity index (χ4v) is 0.711. The third kappa shape index (κ3) is 7.21. The van der Waals surface area contributed by atoms with Crippen LogP contribution < -0.4 is 5.32 Å². The highest BCUT2D eigenvalue weighted by atomic mass is 32.2. The van der Waals surface area contributed by atoms with Gasteiger partial charge in [0.1, 0.15) is 0 Å². The minimum absolute atomic E-state index is 0.0885. The lowest BCUT2D eigenvalue weighted by Crippen LogP contribution is -2.24. The molecule has 0 aromatic carbocycles. The quantitative estimate of drug-likeness (QED) is 0.541. The van der Waals surface area contributed by atoms with Crippen LogP contribution in [0.15, 0.2) is 11.5 Å². The van der Waals surface area contributed by atoms with Crippen LogP contribution in [0.5, 0.6) is 0 Å². The third-order valence-electron chi connectivity index (χ3n) is 0.822. The van der Waals surface area contributed by atoms with Crippen LogP contribution in [0.4, 0.5) is 0 Å². The minimum atomic E-state index is -1.10. The normalized spacial score (nSPS) is 13.3. The standard InChI is InChI=1S/C6H11NO3S/c1-11(10)5-2-6(9)7-3-4-8/h2,5,8H,3-4H2,1H3,(H,7,9)/b5-2+/t11-/m1/s1. The molecule has 2 N–H and O–H groups in total. The molecule has 0 aliphatic carbocycles. The van der Waals surface area contributed by atoms with E-state index in [4.69, 9.17) is 5.11 Å². The second kappa shape index (κ2) is 6.06. The molecule has 0 aromatic rings. The van der Waals surface area contributed by atoms with Crippen LogP contribution in [-0.2, 0) is 15.6 Å². The summed E-state index contributed by atoms with van der Waals surface area (Å²) in [6, 6.07) is 0. The van der Waals surface area contributed by atoms with E-state index >= 15 is 0 Å². The summed E-state index contributed by atoms with van der Waals surface area (Å²) in [4.78, 5) is 10.7. The molecule has 0 unspecified atom stereocenters. The first-order valence-corrected chi connectivity index (χ1v) is 4.68. The Morgan fingerprint density at radius 2 is 2.36 bits per heavy atom. The molecular formula is C6H11NO3S. The number of carbonyl (C=O) groups is 1.